The molecule has 2 nitrogen and oxygen atoms in total. The molecule has 0 saturated heterocycles. The van der Waals surface area contributed by atoms with Gasteiger partial charge in [-0.15, -0.1) is 0 Å². The van der Waals surface area contributed by atoms with Crippen LogP contribution in [0.25, 0.3) is 0 Å². The van der Waals surface area contributed by atoms with E-state index >= 15 is 0 Å². The number of ether oxygens (including phenoxy) is 1. The Kier molecular flexibility index (Phi) is 8.20. The van der Waals surface area contributed by atoms with Crippen molar-refractivity contribution in [3.63, 3.8) is 0 Å². The van der Waals surface area contributed by atoms with Gasteiger partial charge in [-0.2, -0.15) is 0 Å². The van der Waals surface area contributed by atoms with Crippen LogP contribution < -0.4 is 5.32 Å². The van der Waals surface area contributed by atoms with Gasteiger partial charge in [-0.05, 0) is 39.5 Å². The lowest BCUT2D eigenvalue weighted by molar-refractivity contribution is 0.0740. The van der Waals surface area contributed by atoms with Gasteiger partial charge < -0.3 is 10.1 Å². The van der Waals surface area contributed by atoms with Gasteiger partial charge in [0.15, 0.2) is 0 Å². The van der Waals surface area contributed by atoms with Crippen LogP contribution >= 0.6 is 0 Å². The molecule has 2 unspecified atom stereocenters. The van der Waals surface area contributed by atoms with Crippen molar-refractivity contribution in [2.75, 3.05) is 13.2 Å². The Morgan fingerprint density at radius 1 is 1.07 bits per heavy atom. The second kappa shape index (κ2) is 8.25. The van der Waals surface area contributed by atoms with E-state index in [1.165, 1.54) is 12.8 Å². The molecule has 2 heteroatoms. The fraction of sp³-hybridized carbons (Fsp3) is 1.00. The van der Waals surface area contributed by atoms with Crippen molar-refractivity contribution < 1.29 is 4.74 Å². The Morgan fingerprint density at radius 2 is 1.71 bits per heavy atom. The van der Waals surface area contributed by atoms with E-state index in [1.54, 1.807) is 0 Å². The standard InChI is InChI=1S/C12H27NO/c1-6-14-12(5)9-13-11(4)8-7-10(2)3/h10-13H,6-9H2,1-5H3. The minimum absolute atomic E-state index is 0.335. The first kappa shape index (κ1) is 13.9. The minimum atomic E-state index is 0.335. The fourth-order valence-electron chi connectivity index (χ4n) is 1.40. The lowest BCUT2D eigenvalue weighted by atomic mass is 10.0. The normalized spacial score (nSPS) is 15.9. The highest BCUT2D eigenvalue weighted by atomic mass is 16.5. The molecule has 1 N–H and O–H groups in total. The Morgan fingerprint density at radius 3 is 2.21 bits per heavy atom. The van der Waals surface area contributed by atoms with E-state index in [4.69, 9.17) is 4.74 Å². The number of hydrogen-bond acceptors (Lipinski definition) is 2. The SMILES string of the molecule is CCOC(C)CNC(C)CCC(C)C. The zero-order valence-electron chi connectivity index (χ0n) is 10.5. The van der Waals surface area contributed by atoms with Gasteiger partial charge in [0.2, 0.25) is 0 Å². The molecule has 0 heterocycles. The summed E-state index contributed by atoms with van der Waals surface area (Å²) in [7, 11) is 0. The summed E-state index contributed by atoms with van der Waals surface area (Å²) in [6, 6.07) is 0.611. The largest absolute Gasteiger partial charge is 0.377 e. The van der Waals surface area contributed by atoms with E-state index < -0.39 is 0 Å². The summed E-state index contributed by atoms with van der Waals surface area (Å²) in [6.45, 7) is 12.7. The molecule has 0 radical (unpaired) electrons. The summed E-state index contributed by atoms with van der Waals surface area (Å²) < 4.78 is 5.46. The molecule has 14 heavy (non-hydrogen) atoms. The van der Waals surface area contributed by atoms with E-state index in [9.17, 15) is 0 Å². The maximum atomic E-state index is 5.46. The number of hydrogen-bond donors (Lipinski definition) is 1. The molecule has 0 aromatic heterocycles. The van der Waals surface area contributed by atoms with Crippen molar-refractivity contribution >= 4 is 0 Å². The lowest BCUT2D eigenvalue weighted by Gasteiger charge is -2.18. The second-order valence-corrected chi connectivity index (χ2v) is 4.55. The summed E-state index contributed by atoms with van der Waals surface area (Å²) in [5, 5.41) is 3.50. The molecule has 0 bridgehead atoms. The maximum absolute atomic E-state index is 5.46. The Balaban J connectivity index is 3.38. The van der Waals surface area contributed by atoms with Crippen LogP contribution in [0.1, 0.15) is 47.5 Å². The van der Waals surface area contributed by atoms with Crippen molar-refractivity contribution in [1.29, 1.82) is 0 Å². The van der Waals surface area contributed by atoms with Gasteiger partial charge in [0.05, 0.1) is 6.10 Å². The Labute approximate surface area is 89.4 Å². The molecule has 0 amide bonds. The van der Waals surface area contributed by atoms with Gasteiger partial charge in [-0.3, -0.25) is 0 Å². The summed E-state index contributed by atoms with van der Waals surface area (Å²) in [6.07, 6.45) is 2.90. The summed E-state index contributed by atoms with van der Waals surface area (Å²) in [5.74, 6) is 0.809. The van der Waals surface area contributed by atoms with Gasteiger partial charge in [-0.25, -0.2) is 0 Å². The lowest BCUT2D eigenvalue weighted by Crippen LogP contribution is -2.33. The van der Waals surface area contributed by atoms with Crippen molar-refractivity contribution in [3.05, 3.63) is 0 Å². The van der Waals surface area contributed by atoms with Crippen LogP contribution in [-0.2, 0) is 4.74 Å². The maximum Gasteiger partial charge on any atom is 0.0671 e. The number of nitrogens with one attached hydrogen (secondary N) is 1. The van der Waals surface area contributed by atoms with Crippen LogP contribution in [0.15, 0.2) is 0 Å². The summed E-state index contributed by atoms with van der Waals surface area (Å²) in [4.78, 5) is 0. The molecule has 0 aromatic carbocycles. The monoisotopic (exact) mass is 201 g/mol. The topological polar surface area (TPSA) is 21.3 Å². The predicted molar refractivity (Wildman–Crippen MR) is 62.6 cm³/mol. The molecule has 0 aliphatic carbocycles. The van der Waals surface area contributed by atoms with Crippen LogP contribution in [-0.4, -0.2) is 25.3 Å². The quantitative estimate of drug-likeness (QED) is 0.652. The third-order valence-electron chi connectivity index (χ3n) is 2.38. The Bertz CT molecular complexity index is 125. The van der Waals surface area contributed by atoms with Crippen LogP contribution in [0.4, 0.5) is 0 Å². The van der Waals surface area contributed by atoms with E-state index in [-0.39, 0.29) is 0 Å². The fourth-order valence-corrected chi connectivity index (χ4v) is 1.40. The summed E-state index contributed by atoms with van der Waals surface area (Å²) in [5.41, 5.74) is 0. The molecule has 86 valence electrons. The molecule has 0 rings (SSSR count). The molecule has 0 aliphatic rings. The van der Waals surface area contributed by atoms with Gasteiger partial charge in [0.1, 0.15) is 0 Å². The van der Waals surface area contributed by atoms with E-state index in [0.717, 1.165) is 19.1 Å². The van der Waals surface area contributed by atoms with Crippen molar-refractivity contribution in [2.45, 2.75) is 59.6 Å². The second-order valence-electron chi connectivity index (χ2n) is 4.55. The first-order valence-corrected chi connectivity index (χ1v) is 5.91. The van der Waals surface area contributed by atoms with Crippen LogP contribution in [0.3, 0.4) is 0 Å². The van der Waals surface area contributed by atoms with Gasteiger partial charge in [-0.1, -0.05) is 13.8 Å². The molecule has 0 saturated carbocycles. The van der Waals surface area contributed by atoms with Crippen molar-refractivity contribution in [1.82, 2.24) is 5.32 Å². The molecule has 0 aliphatic heterocycles. The first-order chi connectivity index (χ1) is 6.56. The van der Waals surface area contributed by atoms with Crippen molar-refractivity contribution in [2.24, 2.45) is 5.92 Å². The molecule has 2 atom stereocenters. The average molecular weight is 201 g/mol. The third kappa shape index (κ3) is 8.52. The van der Waals surface area contributed by atoms with E-state index in [0.29, 0.717) is 12.1 Å². The van der Waals surface area contributed by atoms with Gasteiger partial charge in [0, 0.05) is 19.2 Å². The zero-order valence-corrected chi connectivity index (χ0v) is 10.5. The molecule has 0 aromatic rings. The van der Waals surface area contributed by atoms with Crippen molar-refractivity contribution in [3.8, 4) is 0 Å². The van der Waals surface area contributed by atoms with Crippen LogP contribution in [0, 0.1) is 5.92 Å². The minimum Gasteiger partial charge on any atom is -0.377 e. The van der Waals surface area contributed by atoms with E-state index in [2.05, 4.69) is 33.0 Å². The predicted octanol–water partition coefficient (Wildman–Crippen LogP) is 2.83. The first-order valence-electron chi connectivity index (χ1n) is 5.91. The molecular formula is C12H27NO. The third-order valence-corrected chi connectivity index (χ3v) is 2.38. The average Bonchev–Trinajstić information content (AvgIpc) is 2.12. The Hall–Kier alpha value is -0.0800. The van der Waals surface area contributed by atoms with Crippen LogP contribution in [0.2, 0.25) is 0 Å². The van der Waals surface area contributed by atoms with E-state index in [1.807, 2.05) is 6.92 Å². The van der Waals surface area contributed by atoms with Gasteiger partial charge >= 0.3 is 0 Å². The summed E-state index contributed by atoms with van der Waals surface area (Å²) >= 11 is 0. The number of rotatable bonds is 8. The zero-order chi connectivity index (χ0) is 11.0. The highest BCUT2D eigenvalue weighted by molar-refractivity contribution is 4.64. The van der Waals surface area contributed by atoms with Gasteiger partial charge in [0.25, 0.3) is 0 Å². The highest BCUT2D eigenvalue weighted by Crippen LogP contribution is 2.06. The van der Waals surface area contributed by atoms with Crippen LogP contribution in [0.5, 0.6) is 0 Å². The molecular weight excluding hydrogens is 174 g/mol. The highest BCUT2D eigenvalue weighted by Gasteiger charge is 2.05. The molecule has 0 fully saturated rings. The molecule has 0 spiro atoms. The smallest absolute Gasteiger partial charge is 0.0671 e.